The quantitative estimate of drug-likeness (QED) is 0.751. The number of nitrogens with zero attached hydrogens (tertiary/aromatic N) is 2. The van der Waals surface area contributed by atoms with Crippen LogP contribution in [0.1, 0.15) is 17.4 Å². The summed E-state index contributed by atoms with van der Waals surface area (Å²) in [4.78, 5) is 16.8. The predicted octanol–water partition coefficient (Wildman–Crippen LogP) is 3.34. The van der Waals surface area contributed by atoms with E-state index in [9.17, 15) is 4.79 Å². The lowest BCUT2D eigenvalue weighted by Crippen LogP contribution is -2.34. The molecule has 0 aliphatic heterocycles. The summed E-state index contributed by atoms with van der Waals surface area (Å²) in [5.74, 6) is 1.50. The summed E-state index contributed by atoms with van der Waals surface area (Å²) in [6, 6.07) is 16.2. The van der Waals surface area contributed by atoms with Crippen molar-refractivity contribution in [2.24, 2.45) is 7.05 Å². The van der Waals surface area contributed by atoms with Gasteiger partial charge < -0.3 is 19.9 Å². The van der Waals surface area contributed by atoms with Crippen LogP contribution in [-0.4, -0.2) is 22.7 Å². The lowest BCUT2D eigenvalue weighted by molar-refractivity contribution is 0.249. The number of nitrogens with one attached hydrogen (secondary N) is 2. The molecule has 2 amide bonds. The second-order valence-electron chi connectivity index (χ2n) is 5.57. The number of urea groups is 1. The lowest BCUT2D eigenvalue weighted by Gasteiger charge is -2.20. The molecule has 25 heavy (non-hydrogen) atoms. The molecule has 0 saturated carbocycles. The SMILES string of the molecule is COc1ccc(C(NC(=O)Nc2ccccc2)c2nccn2C)cc1. The second kappa shape index (κ2) is 7.53. The molecule has 6 nitrogen and oxygen atoms in total. The molecule has 0 fully saturated rings. The fourth-order valence-electron chi connectivity index (χ4n) is 2.57. The summed E-state index contributed by atoms with van der Waals surface area (Å²) < 4.78 is 7.09. The number of benzene rings is 2. The number of aryl methyl sites for hydroxylation is 1. The highest BCUT2D eigenvalue weighted by Crippen LogP contribution is 2.23. The number of ether oxygens (including phenoxy) is 1. The average molecular weight is 336 g/mol. The Morgan fingerprint density at radius 2 is 1.84 bits per heavy atom. The zero-order valence-corrected chi connectivity index (χ0v) is 14.1. The van der Waals surface area contributed by atoms with Gasteiger partial charge in [-0.05, 0) is 29.8 Å². The molecule has 1 atom stereocenters. The minimum Gasteiger partial charge on any atom is -0.497 e. The van der Waals surface area contributed by atoms with E-state index in [1.54, 1.807) is 13.3 Å². The van der Waals surface area contributed by atoms with Crippen molar-refractivity contribution in [1.29, 1.82) is 0 Å². The first kappa shape index (κ1) is 16.6. The minimum atomic E-state index is -0.380. The molecule has 128 valence electrons. The number of aromatic nitrogens is 2. The van der Waals surface area contributed by atoms with E-state index < -0.39 is 0 Å². The Hall–Kier alpha value is -3.28. The smallest absolute Gasteiger partial charge is 0.320 e. The molecule has 2 aromatic carbocycles. The predicted molar refractivity (Wildman–Crippen MR) is 96.6 cm³/mol. The van der Waals surface area contributed by atoms with Crippen LogP contribution in [-0.2, 0) is 7.05 Å². The summed E-state index contributed by atoms with van der Waals surface area (Å²) in [5.41, 5.74) is 1.65. The monoisotopic (exact) mass is 336 g/mol. The standard InChI is InChI=1S/C19H20N4O2/c1-23-13-12-20-18(23)17(14-8-10-16(25-2)11-9-14)22-19(24)21-15-6-4-3-5-7-15/h3-13,17H,1-2H3,(H2,21,22,24). The maximum atomic E-state index is 12.4. The molecule has 2 N–H and O–H groups in total. The third-order valence-electron chi connectivity index (χ3n) is 3.87. The van der Waals surface area contributed by atoms with Crippen molar-refractivity contribution in [3.63, 3.8) is 0 Å². The van der Waals surface area contributed by atoms with E-state index in [4.69, 9.17) is 4.74 Å². The van der Waals surface area contributed by atoms with Crippen molar-refractivity contribution in [2.75, 3.05) is 12.4 Å². The first-order valence-electron chi connectivity index (χ1n) is 7.91. The maximum Gasteiger partial charge on any atom is 0.320 e. The second-order valence-corrected chi connectivity index (χ2v) is 5.57. The van der Waals surface area contributed by atoms with Gasteiger partial charge in [-0.2, -0.15) is 0 Å². The van der Waals surface area contributed by atoms with Crippen LogP contribution in [0, 0.1) is 0 Å². The first-order chi connectivity index (χ1) is 12.2. The molecule has 0 saturated heterocycles. The summed E-state index contributed by atoms with van der Waals surface area (Å²) in [6.45, 7) is 0. The van der Waals surface area contributed by atoms with Gasteiger partial charge in [-0.15, -0.1) is 0 Å². The van der Waals surface area contributed by atoms with Gasteiger partial charge in [-0.25, -0.2) is 9.78 Å². The highest BCUT2D eigenvalue weighted by Gasteiger charge is 2.20. The van der Waals surface area contributed by atoms with Crippen LogP contribution in [0.25, 0.3) is 0 Å². The number of hydrogen-bond donors (Lipinski definition) is 2. The summed E-state index contributed by atoms with van der Waals surface area (Å²) >= 11 is 0. The molecule has 1 heterocycles. The van der Waals surface area contributed by atoms with E-state index in [2.05, 4.69) is 15.6 Å². The zero-order valence-electron chi connectivity index (χ0n) is 14.1. The third-order valence-corrected chi connectivity index (χ3v) is 3.87. The van der Waals surface area contributed by atoms with Crippen LogP contribution in [0.4, 0.5) is 10.5 Å². The third kappa shape index (κ3) is 3.98. The van der Waals surface area contributed by atoms with Crippen LogP contribution in [0.3, 0.4) is 0 Å². The molecule has 1 unspecified atom stereocenters. The fourth-order valence-corrected chi connectivity index (χ4v) is 2.57. The van der Waals surface area contributed by atoms with Gasteiger partial charge in [0.05, 0.1) is 7.11 Å². The number of carbonyl (C=O) groups excluding carboxylic acids is 1. The fraction of sp³-hybridized carbons (Fsp3) is 0.158. The molecule has 3 aromatic rings. The topological polar surface area (TPSA) is 68.2 Å². The number of imidazole rings is 1. The van der Waals surface area contributed by atoms with Gasteiger partial charge in [0, 0.05) is 25.1 Å². The largest absolute Gasteiger partial charge is 0.497 e. The number of methoxy groups -OCH3 is 1. The Kier molecular flexibility index (Phi) is 4.99. The van der Waals surface area contributed by atoms with E-state index in [1.165, 1.54) is 0 Å². The number of rotatable bonds is 5. The lowest BCUT2D eigenvalue weighted by atomic mass is 10.1. The van der Waals surface area contributed by atoms with E-state index in [-0.39, 0.29) is 12.1 Å². The molecule has 0 spiro atoms. The maximum absolute atomic E-state index is 12.4. The van der Waals surface area contributed by atoms with Crippen molar-refractivity contribution < 1.29 is 9.53 Å². The normalized spacial score (nSPS) is 11.6. The van der Waals surface area contributed by atoms with Crippen molar-refractivity contribution in [1.82, 2.24) is 14.9 Å². The molecule has 6 heteroatoms. The summed E-state index contributed by atoms with van der Waals surface area (Å²) in [6.07, 6.45) is 3.56. The molecule has 0 aliphatic rings. The number of para-hydroxylation sites is 1. The Morgan fingerprint density at radius 1 is 1.12 bits per heavy atom. The Morgan fingerprint density at radius 3 is 2.44 bits per heavy atom. The first-order valence-corrected chi connectivity index (χ1v) is 7.91. The Balaban J connectivity index is 1.83. The van der Waals surface area contributed by atoms with Gasteiger partial charge >= 0.3 is 6.03 Å². The van der Waals surface area contributed by atoms with Crippen LogP contribution < -0.4 is 15.4 Å². The van der Waals surface area contributed by atoms with Crippen molar-refractivity contribution in [2.45, 2.75) is 6.04 Å². The van der Waals surface area contributed by atoms with Crippen LogP contribution in [0.15, 0.2) is 67.0 Å². The Labute approximate surface area is 146 Å². The van der Waals surface area contributed by atoms with E-state index in [1.807, 2.05) is 72.4 Å². The minimum absolute atomic E-state index is 0.296. The van der Waals surface area contributed by atoms with Gasteiger partial charge in [0.2, 0.25) is 0 Å². The highest BCUT2D eigenvalue weighted by atomic mass is 16.5. The van der Waals surface area contributed by atoms with Crippen LogP contribution in [0.5, 0.6) is 5.75 Å². The van der Waals surface area contributed by atoms with Crippen molar-refractivity contribution in [3.8, 4) is 5.75 Å². The number of amides is 2. The molecule has 0 radical (unpaired) electrons. The van der Waals surface area contributed by atoms with Crippen LogP contribution in [0.2, 0.25) is 0 Å². The number of hydrogen-bond acceptors (Lipinski definition) is 3. The van der Waals surface area contributed by atoms with Gasteiger partial charge in [0.15, 0.2) is 0 Å². The summed E-state index contributed by atoms with van der Waals surface area (Å²) in [5, 5.41) is 5.82. The molecule has 1 aromatic heterocycles. The van der Waals surface area contributed by atoms with Gasteiger partial charge in [-0.1, -0.05) is 30.3 Å². The average Bonchev–Trinajstić information content (AvgIpc) is 3.06. The van der Waals surface area contributed by atoms with Gasteiger partial charge in [0.25, 0.3) is 0 Å². The summed E-state index contributed by atoms with van der Waals surface area (Å²) in [7, 11) is 3.52. The molecule has 3 rings (SSSR count). The van der Waals surface area contributed by atoms with Crippen molar-refractivity contribution in [3.05, 3.63) is 78.4 Å². The van der Waals surface area contributed by atoms with Gasteiger partial charge in [0.1, 0.15) is 17.6 Å². The zero-order chi connectivity index (χ0) is 17.6. The number of anilines is 1. The van der Waals surface area contributed by atoms with Gasteiger partial charge in [-0.3, -0.25) is 0 Å². The van der Waals surface area contributed by atoms with E-state index in [0.717, 1.165) is 22.8 Å². The van der Waals surface area contributed by atoms with E-state index >= 15 is 0 Å². The van der Waals surface area contributed by atoms with Crippen molar-refractivity contribution >= 4 is 11.7 Å². The Bertz CT molecular complexity index is 828. The highest BCUT2D eigenvalue weighted by molar-refractivity contribution is 5.89. The van der Waals surface area contributed by atoms with Crippen LogP contribution >= 0.6 is 0 Å². The molecular formula is C19H20N4O2. The number of carbonyl (C=O) groups is 1. The molecule has 0 bridgehead atoms. The molecular weight excluding hydrogens is 316 g/mol. The molecule has 0 aliphatic carbocycles. The van der Waals surface area contributed by atoms with E-state index in [0.29, 0.717) is 0 Å².